The van der Waals surface area contributed by atoms with Crippen molar-refractivity contribution in [3.8, 4) is 0 Å². The summed E-state index contributed by atoms with van der Waals surface area (Å²) in [4.78, 5) is 0.278. The number of nitrogens with zero attached hydrogens (tertiary/aromatic N) is 1. The summed E-state index contributed by atoms with van der Waals surface area (Å²) in [5, 5.41) is 0.878. The minimum Gasteiger partial charge on any atom is -0.501 e. The molecule has 1 aromatic heterocycles. The molecule has 6 heteroatoms. The van der Waals surface area contributed by atoms with E-state index in [0.29, 0.717) is 12.1 Å². The Kier molecular flexibility index (Phi) is 5.81. The van der Waals surface area contributed by atoms with Gasteiger partial charge in [0.05, 0.1) is 23.3 Å². The monoisotopic (exact) mass is 413 g/mol. The zero-order valence-corrected chi connectivity index (χ0v) is 18.7. The average Bonchev–Trinajstić information content (AvgIpc) is 3.01. The number of aryl methyl sites for hydroxylation is 1. The lowest BCUT2D eigenvalue weighted by Gasteiger charge is -2.14. The van der Waals surface area contributed by atoms with Gasteiger partial charge >= 0.3 is 0 Å². The molecule has 3 rings (SSSR count). The van der Waals surface area contributed by atoms with Crippen LogP contribution in [0.4, 0.5) is 0 Å². The van der Waals surface area contributed by atoms with Crippen molar-refractivity contribution in [1.29, 1.82) is 0 Å². The molecule has 4 nitrogen and oxygen atoms in total. The van der Waals surface area contributed by atoms with Crippen molar-refractivity contribution in [1.82, 2.24) is 3.97 Å². The van der Waals surface area contributed by atoms with Gasteiger partial charge in [0.25, 0.3) is 10.0 Å². The predicted octanol–water partition coefficient (Wildman–Crippen LogP) is 5.51. The standard InChI is InChI=1S/C22H27NO3SSi/c1-18-9-11-20(12-10-18)27(24,25)23-17-19(21-7-5-6-8-22(21)23)13-14-26-15-16-28(2,3)4/h5-14,17H,15-16H2,1-4H3/b14-13-. The Bertz CT molecular complexity index is 1090. The summed E-state index contributed by atoms with van der Waals surface area (Å²) in [5.74, 6) is 0. The number of ether oxygens (including phenoxy) is 1. The lowest BCUT2D eigenvalue weighted by Crippen LogP contribution is -2.20. The summed E-state index contributed by atoms with van der Waals surface area (Å²) in [6.45, 7) is 9.55. The average molecular weight is 414 g/mol. The van der Waals surface area contributed by atoms with Gasteiger partial charge in [0.15, 0.2) is 0 Å². The first-order valence-corrected chi connectivity index (χ1v) is 14.5. The van der Waals surface area contributed by atoms with Crippen LogP contribution in [0.3, 0.4) is 0 Å². The van der Waals surface area contributed by atoms with Crippen LogP contribution in [0.15, 0.2) is 65.9 Å². The quantitative estimate of drug-likeness (QED) is 0.291. The Morgan fingerprint density at radius 3 is 2.39 bits per heavy atom. The summed E-state index contributed by atoms with van der Waals surface area (Å²) in [5.41, 5.74) is 2.50. The van der Waals surface area contributed by atoms with Gasteiger partial charge in [-0.25, -0.2) is 12.4 Å². The van der Waals surface area contributed by atoms with Crippen molar-refractivity contribution in [3.05, 3.63) is 72.1 Å². The molecule has 0 unspecified atom stereocenters. The zero-order valence-electron chi connectivity index (χ0n) is 16.8. The fourth-order valence-electron chi connectivity index (χ4n) is 2.89. The first kappa shape index (κ1) is 20.4. The highest BCUT2D eigenvalue weighted by molar-refractivity contribution is 7.90. The van der Waals surface area contributed by atoms with Crippen molar-refractivity contribution in [2.45, 2.75) is 37.5 Å². The normalized spacial score (nSPS) is 12.7. The molecule has 0 spiro atoms. The molecule has 148 valence electrons. The largest absolute Gasteiger partial charge is 0.501 e. The molecular weight excluding hydrogens is 386 g/mol. The third-order valence-electron chi connectivity index (χ3n) is 4.60. The van der Waals surface area contributed by atoms with Crippen LogP contribution in [0.5, 0.6) is 0 Å². The maximum atomic E-state index is 13.2. The number of hydrogen-bond donors (Lipinski definition) is 0. The minimum absolute atomic E-state index is 0.278. The molecule has 1 heterocycles. The Labute approximate surface area is 168 Å². The Morgan fingerprint density at radius 2 is 1.71 bits per heavy atom. The van der Waals surface area contributed by atoms with E-state index < -0.39 is 18.1 Å². The van der Waals surface area contributed by atoms with Gasteiger partial charge in [0.2, 0.25) is 0 Å². The molecular formula is C22H27NO3SSi. The van der Waals surface area contributed by atoms with Gasteiger partial charge in [0.1, 0.15) is 0 Å². The van der Waals surface area contributed by atoms with E-state index in [0.717, 1.165) is 22.6 Å². The van der Waals surface area contributed by atoms with Gasteiger partial charge in [-0.1, -0.05) is 55.5 Å². The van der Waals surface area contributed by atoms with Gasteiger partial charge in [-0.3, -0.25) is 0 Å². The maximum Gasteiger partial charge on any atom is 0.268 e. The highest BCUT2D eigenvalue weighted by atomic mass is 32.2. The van der Waals surface area contributed by atoms with Crippen LogP contribution in [0.25, 0.3) is 17.0 Å². The fourth-order valence-corrected chi connectivity index (χ4v) is 4.99. The topological polar surface area (TPSA) is 48.3 Å². The highest BCUT2D eigenvalue weighted by Crippen LogP contribution is 2.27. The Balaban J connectivity index is 1.94. The third kappa shape index (κ3) is 4.56. The van der Waals surface area contributed by atoms with Gasteiger partial charge in [0, 0.05) is 25.2 Å². The number of aromatic nitrogens is 1. The number of rotatable bonds is 7. The zero-order chi connectivity index (χ0) is 20.4. The summed E-state index contributed by atoms with van der Waals surface area (Å²) in [6, 6.07) is 15.5. The van der Waals surface area contributed by atoms with Crippen molar-refractivity contribution in [2.75, 3.05) is 6.61 Å². The summed E-state index contributed by atoms with van der Waals surface area (Å²) in [7, 11) is -4.80. The Hall–Kier alpha value is -2.31. The second kappa shape index (κ2) is 7.97. The van der Waals surface area contributed by atoms with Crippen LogP contribution in [0, 0.1) is 6.92 Å². The molecule has 0 atom stereocenters. The summed E-state index contributed by atoms with van der Waals surface area (Å²) in [6.07, 6.45) is 5.18. The van der Waals surface area contributed by atoms with E-state index in [-0.39, 0.29) is 4.90 Å². The first-order valence-electron chi connectivity index (χ1n) is 9.39. The highest BCUT2D eigenvalue weighted by Gasteiger charge is 2.20. The third-order valence-corrected chi connectivity index (χ3v) is 7.99. The van der Waals surface area contributed by atoms with Crippen molar-refractivity contribution >= 4 is 35.1 Å². The molecule has 0 fully saturated rings. The first-order chi connectivity index (χ1) is 13.2. The molecule has 0 N–H and O–H groups in total. The number of hydrogen-bond acceptors (Lipinski definition) is 3. The minimum atomic E-state index is -3.67. The molecule has 0 saturated carbocycles. The van der Waals surface area contributed by atoms with E-state index >= 15 is 0 Å². The molecule has 0 aliphatic carbocycles. The molecule has 0 amide bonds. The molecule has 0 saturated heterocycles. The molecule has 28 heavy (non-hydrogen) atoms. The van der Waals surface area contributed by atoms with E-state index in [1.54, 1.807) is 24.6 Å². The SMILES string of the molecule is Cc1ccc(S(=O)(=O)n2cc(/C=C\OCC[Si](C)(C)C)c3ccccc32)cc1. The summed E-state index contributed by atoms with van der Waals surface area (Å²) >= 11 is 0. The van der Waals surface area contributed by atoms with E-state index in [1.165, 1.54) is 3.97 Å². The van der Waals surface area contributed by atoms with Gasteiger partial charge < -0.3 is 4.74 Å². The van der Waals surface area contributed by atoms with E-state index in [4.69, 9.17) is 4.74 Å². The van der Waals surface area contributed by atoms with Crippen molar-refractivity contribution in [2.24, 2.45) is 0 Å². The number of benzene rings is 2. The predicted molar refractivity (Wildman–Crippen MR) is 119 cm³/mol. The van der Waals surface area contributed by atoms with Crippen LogP contribution >= 0.6 is 0 Å². The molecule has 0 radical (unpaired) electrons. The van der Waals surface area contributed by atoms with Crippen molar-refractivity contribution < 1.29 is 13.2 Å². The van der Waals surface area contributed by atoms with Crippen molar-refractivity contribution in [3.63, 3.8) is 0 Å². The molecule has 0 bridgehead atoms. The van der Waals surface area contributed by atoms with E-state index in [1.807, 2.05) is 49.4 Å². The second-order valence-corrected chi connectivity index (χ2v) is 15.6. The molecule has 0 aliphatic rings. The summed E-state index contributed by atoms with van der Waals surface area (Å²) < 4.78 is 33.3. The van der Waals surface area contributed by atoms with Gasteiger partial charge in [-0.2, -0.15) is 0 Å². The lowest BCUT2D eigenvalue weighted by atomic mass is 10.2. The molecule has 2 aromatic carbocycles. The molecule has 3 aromatic rings. The van der Waals surface area contributed by atoms with E-state index in [9.17, 15) is 8.42 Å². The smallest absolute Gasteiger partial charge is 0.268 e. The van der Waals surface area contributed by atoms with Gasteiger partial charge in [-0.15, -0.1) is 0 Å². The number of para-hydroxylation sites is 1. The second-order valence-electron chi connectivity index (χ2n) is 8.20. The van der Waals surface area contributed by atoms with Crippen LogP contribution in [-0.2, 0) is 14.8 Å². The van der Waals surface area contributed by atoms with Crippen LogP contribution < -0.4 is 0 Å². The maximum absolute atomic E-state index is 13.2. The van der Waals surface area contributed by atoms with E-state index in [2.05, 4.69) is 19.6 Å². The van der Waals surface area contributed by atoms with Crippen LogP contribution in [0.1, 0.15) is 11.1 Å². The number of fused-ring (bicyclic) bond motifs is 1. The van der Waals surface area contributed by atoms with Crippen LogP contribution in [0.2, 0.25) is 25.7 Å². The lowest BCUT2D eigenvalue weighted by molar-refractivity contribution is 0.270. The fraction of sp³-hybridized carbons (Fsp3) is 0.273. The van der Waals surface area contributed by atoms with Crippen LogP contribution in [-0.4, -0.2) is 27.1 Å². The van der Waals surface area contributed by atoms with Gasteiger partial charge in [-0.05, 0) is 37.2 Å². The Morgan fingerprint density at radius 1 is 1.04 bits per heavy atom. The molecule has 0 aliphatic heterocycles.